The fourth-order valence-electron chi connectivity index (χ4n) is 4.04. The quantitative estimate of drug-likeness (QED) is 0.646. The number of hydrogen-bond donors (Lipinski definition) is 1. The monoisotopic (exact) mass is 290 g/mol. The van der Waals surface area contributed by atoms with E-state index in [2.05, 4.69) is 5.32 Å². The molecule has 5 heteroatoms. The molecule has 0 aliphatic heterocycles. The summed E-state index contributed by atoms with van der Waals surface area (Å²) in [6, 6.07) is 4.76. The van der Waals surface area contributed by atoms with Gasteiger partial charge in [-0.25, -0.2) is 0 Å². The van der Waals surface area contributed by atoms with Gasteiger partial charge in [0.25, 0.3) is 5.69 Å². The lowest BCUT2D eigenvalue weighted by Gasteiger charge is -2.22. The molecule has 3 atom stereocenters. The Morgan fingerprint density at radius 1 is 1.38 bits per heavy atom. The average Bonchev–Trinajstić information content (AvgIpc) is 3.09. The molecule has 114 valence electrons. The highest BCUT2D eigenvalue weighted by molar-refractivity contribution is 5.43. The summed E-state index contributed by atoms with van der Waals surface area (Å²) in [6.45, 7) is 1.63. The van der Waals surface area contributed by atoms with Gasteiger partial charge in [0.2, 0.25) is 0 Å². The van der Waals surface area contributed by atoms with E-state index >= 15 is 0 Å². The summed E-state index contributed by atoms with van der Waals surface area (Å²) < 4.78 is 5.29. The second-order valence-corrected chi connectivity index (χ2v) is 6.32. The van der Waals surface area contributed by atoms with Crippen LogP contribution in [0.1, 0.15) is 31.2 Å². The van der Waals surface area contributed by atoms with E-state index in [4.69, 9.17) is 4.74 Å². The first-order valence-electron chi connectivity index (χ1n) is 7.69. The Balaban J connectivity index is 1.59. The highest BCUT2D eigenvalue weighted by Crippen LogP contribution is 2.47. The van der Waals surface area contributed by atoms with Gasteiger partial charge < -0.3 is 10.1 Å². The number of ether oxygens (including phenoxy) is 1. The minimum Gasteiger partial charge on any atom is -0.496 e. The highest BCUT2D eigenvalue weighted by atomic mass is 16.6. The van der Waals surface area contributed by atoms with Crippen molar-refractivity contribution in [1.29, 1.82) is 0 Å². The Labute approximate surface area is 124 Å². The molecule has 1 aromatic carbocycles. The zero-order valence-electron chi connectivity index (χ0n) is 12.4. The summed E-state index contributed by atoms with van der Waals surface area (Å²) in [5.41, 5.74) is 0.974. The normalized spacial score (nSPS) is 27.0. The van der Waals surface area contributed by atoms with E-state index in [1.54, 1.807) is 19.2 Å². The molecule has 2 fully saturated rings. The number of benzene rings is 1. The average molecular weight is 290 g/mol. The van der Waals surface area contributed by atoms with Crippen LogP contribution in [0.4, 0.5) is 5.69 Å². The molecule has 21 heavy (non-hydrogen) atoms. The molecule has 2 bridgehead atoms. The summed E-state index contributed by atoms with van der Waals surface area (Å²) in [6.07, 6.45) is 5.56. The lowest BCUT2D eigenvalue weighted by molar-refractivity contribution is -0.384. The number of methoxy groups -OCH3 is 1. The lowest BCUT2D eigenvalue weighted by Crippen LogP contribution is -2.26. The third-order valence-electron chi connectivity index (χ3n) is 5.08. The number of nitrogens with one attached hydrogen (secondary N) is 1. The van der Waals surface area contributed by atoms with Gasteiger partial charge in [0.1, 0.15) is 5.75 Å². The largest absolute Gasteiger partial charge is 0.496 e. The Morgan fingerprint density at radius 3 is 2.86 bits per heavy atom. The number of rotatable bonds is 6. The standard InChI is InChI=1S/C16H22N2O3/c1-21-16-5-4-15(18(19)20)8-14(16)10-17-9-13-7-11-2-3-12(13)6-11/h4-5,8,11-13,17H,2-3,6-7,9-10H2,1H3. The van der Waals surface area contributed by atoms with E-state index in [1.165, 1.54) is 31.7 Å². The first-order chi connectivity index (χ1) is 10.2. The molecule has 0 aromatic heterocycles. The van der Waals surface area contributed by atoms with Crippen LogP contribution in [0.25, 0.3) is 0 Å². The van der Waals surface area contributed by atoms with Crippen molar-refractivity contribution in [3.05, 3.63) is 33.9 Å². The van der Waals surface area contributed by atoms with Gasteiger partial charge in [0.05, 0.1) is 12.0 Å². The Kier molecular flexibility index (Phi) is 4.10. The summed E-state index contributed by atoms with van der Waals surface area (Å²) in [5, 5.41) is 14.3. The zero-order valence-corrected chi connectivity index (χ0v) is 12.4. The maximum atomic E-state index is 10.9. The second-order valence-electron chi connectivity index (χ2n) is 6.32. The van der Waals surface area contributed by atoms with Crippen LogP contribution in [0.3, 0.4) is 0 Å². The SMILES string of the molecule is COc1ccc([N+](=O)[O-])cc1CNCC1CC2CCC1C2. The van der Waals surface area contributed by atoms with Crippen LogP contribution in [0.15, 0.2) is 18.2 Å². The summed E-state index contributed by atoms with van der Waals surface area (Å²) in [4.78, 5) is 10.5. The zero-order chi connectivity index (χ0) is 14.8. The van der Waals surface area contributed by atoms with E-state index < -0.39 is 0 Å². The van der Waals surface area contributed by atoms with Gasteiger partial charge in [-0.05, 0) is 49.6 Å². The van der Waals surface area contributed by atoms with Crippen LogP contribution < -0.4 is 10.1 Å². The molecular formula is C16H22N2O3. The first kappa shape index (κ1) is 14.3. The minimum absolute atomic E-state index is 0.118. The number of nitro groups is 1. The van der Waals surface area contributed by atoms with E-state index in [9.17, 15) is 10.1 Å². The van der Waals surface area contributed by atoms with Crippen LogP contribution in [0.5, 0.6) is 5.75 Å². The van der Waals surface area contributed by atoms with Crippen LogP contribution in [0.2, 0.25) is 0 Å². The van der Waals surface area contributed by atoms with Crippen molar-refractivity contribution in [3.63, 3.8) is 0 Å². The Morgan fingerprint density at radius 2 is 2.24 bits per heavy atom. The van der Waals surface area contributed by atoms with Crippen molar-refractivity contribution in [3.8, 4) is 5.75 Å². The fourth-order valence-corrected chi connectivity index (χ4v) is 4.04. The van der Waals surface area contributed by atoms with Gasteiger partial charge in [-0.15, -0.1) is 0 Å². The van der Waals surface area contributed by atoms with E-state index in [-0.39, 0.29) is 10.6 Å². The number of nitro benzene ring substituents is 1. The summed E-state index contributed by atoms with van der Waals surface area (Å²) in [7, 11) is 1.60. The molecule has 0 amide bonds. The van der Waals surface area contributed by atoms with Crippen molar-refractivity contribution < 1.29 is 9.66 Å². The summed E-state index contributed by atoms with van der Waals surface area (Å²) in [5.74, 6) is 3.35. The van der Waals surface area contributed by atoms with Gasteiger partial charge in [0.15, 0.2) is 0 Å². The summed E-state index contributed by atoms with van der Waals surface area (Å²) >= 11 is 0. The Hall–Kier alpha value is -1.62. The molecule has 0 saturated heterocycles. The van der Waals surface area contributed by atoms with E-state index in [1.807, 2.05) is 0 Å². The van der Waals surface area contributed by atoms with Gasteiger partial charge in [-0.2, -0.15) is 0 Å². The fraction of sp³-hybridized carbons (Fsp3) is 0.625. The predicted octanol–water partition coefficient (Wildman–Crippen LogP) is 3.13. The molecule has 3 rings (SSSR count). The van der Waals surface area contributed by atoms with Gasteiger partial charge in [-0.1, -0.05) is 6.42 Å². The molecular weight excluding hydrogens is 268 g/mol. The van der Waals surface area contributed by atoms with Crippen LogP contribution in [-0.2, 0) is 6.54 Å². The smallest absolute Gasteiger partial charge is 0.270 e. The predicted molar refractivity (Wildman–Crippen MR) is 80.3 cm³/mol. The molecule has 0 heterocycles. The minimum atomic E-state index is -0.362. The molecule has 2 saturated carbocycles. The van der Waals surface area contributed by atoms with Crippen LogP contribution in [-0.4, -0.2) is 18.6 Å². The first-order valence-corrected chi connectivity index (χ1v) is 7.69. The van der Waals surface area contributed by atoms with E-state index in [0.717, 1.165) is 29.9 Å². The van der Waals surface area contributed by atoms with Gasteiger partial charge in [-0.3, -0.25) is 10.1 Å². The van der Waals surface area contributed by atoms with Crippen LogP contribution in [0, 0.1) is 27.9 Å². The molecule has 1 aromatic rings. The van der Waals surface area contributed by atoms with Crippen molar-refractivity contribution in [2.75, 3.05) is 13.7 Å². The van der Waals surface area contributed by atoms with Gasteiger partial charge >= 0.3 is 0 Å². The molecule has 5 nitrogen and oxygen atoms in total. The third-order valence-corrected chi connectivity index (χ3v) is 5.08. The molecule has 0 radical (unpaired) electrons. The van der Waals surface area contributed by atoms with Crippen molar-refractivity contribution in [2.24, 2.45) is 17.8 Å². The van der Waals surface area contributed by atoms with Crippen molar-refractivity contribution in [1.82, 2.24) is 5.32 Å². The van der Waals surface area contributed by atoms with Gasteiger partial charge in [0, 0.05) is 24.2 Å². The maximum absolute atomic E-state index is 10.9. The Bertz CT molecular complexity index is 532. The topological polar surface area (TPSA) is 64.4 Å². The van der Waals surface area contributed by atoms with Crippen molar-refractivity contribution in [2.45, 2.75) is 32.2 Å². The molecule has 0 spiro atoms. The van der Waals surface area contributed by atoms with Crippen LogP contribution >= 0.6 is 0 Å². The number of hydrogen-bond acceptors (Lipinski definition) is 4. The van der Waals surface area contributed by atoms with E-state index in [0.29, 0.717) is 12.3 Å². The second kappa shape index (κ2) is 6.02. The number of fused-ring (bicyclic) bond motifs is 2. The van der Waals surface area contributed by atoms with Crippen molar-refractivity contribution >= 4 is 5.69 Å². The molecule has 2 aliphatic carbocycles. The highest BCUT2D eigenvalue weighted by Gasteiger charge is 2.38. The third kappa shape index (κ3) is 3.02. The maximum Gasteiger partial charge on any atom is 0.270 e. The molecule has 3 unspecified atom stereocenters. The number of non-ortho nitro benzene ring substituents is 1. The lowest BCUT2D eigenvalue weighted by atomic mass is 9.89. The molecule has 2 aliphatic rings. The molecule has 1 N–H and O–H groups in total. The number of nitrogens with zero attached hydrogens (tertiary/aromatic N) is 1.